The van der Waals surface area contributed by atoms with E-state index in [9.17, 15) is 0 Å². The molecule has 0 fully saturated rings. The Bertz CT molecular complexity index is 451. The molecule has 0 radical (unpaired) electrons. The predicted octanol–water partition coefficient (Wildman–Crippen LogP) is 1.97. The van der Waals surface area contributed by atoms with Crippen LogP contribution in [0, 0.1) is 0 Å². The molecular weight excluding hydrogens is 216 g/mol. The summed E-state index contributed by atoms with van der Waals surface area (Å²) in [6.45, 7) is 1.75. The van der Waals surface area contributed by atoms with Crippen molar-refractivity contribution in [2.75, 3.05) is 0 Å². The summed E-state index contributed by atoms with van der Waals surface area (Å²) in [6.07, 6.45) is 1.62. The summed E-state index contributed by atoms with van der Waals surface area (Å²) in [7, 11) is 0. The van der Waals surface area contributed by atoms with Gasteiger partial charge in [0, 0.05) is 12.8 Å². The van der Waals surface area contributed by atoms with E-state index in [0.717, 1.165) is 5.56 Å². The highest BCUT2D eigenvalue weighted by atomic mass is 16.5. The van der Waals surface area contributed by atoms with Gasteiger partial charge in [-0.15, -0.1) is 0 Å². The second kappa shape index (κ2) is 5.59. The largest absolute Gasteiger partial charge is 0.393 e. The molecule has 0 bridgehead atoms. The summed E-state index contributed by atoms with van der Waals surface area (Å²) in [5, 5.41) is 13.1. The molecule has 0 aliphatic carbocycles. The number of rotatable bonds is 5. The average molecular weight is 232 g/mol. The van der Waals surface area contributed by atoms with E-state index in [1.54, 1.807) is 6.92 Å². The zero-order valence-corrected chi connectivity index (χ0v) is 9.84. The number of aromatic nitrogens is 2. The molecule has 0 aliphatic heterocycles. The standard InChI is InChI=1S/C13H16N2O2/c1-10(16)7-8-13-14-12(15-17-13)9-11-5-3-2-4-6-11/h2-6,10,16H,7-9H2,1H3. The number of hydrogen-bond acceptors (Lipinski definition) is 4. The number of nitrogens with zero attached hydrogens (tertiary/aromatic N) is 2. The average Bonchev–Trinajstić information content (AvgIpc) is 2.75. The van der Waals surface area contributed by atoms with Crippen molar-refractivity contribution in [3.05, 3.63) is 47.6 Å². The minimum Gasteiger partial charge on any atom is -0.393 e. The first kappa shape index (κ1) is 11.8. The Balaban J connectivity index is 1.94. The third-order valence-electron chi connectivity index (χ3n) is 2.49. The molecule has 4 nitrogen and oxygen atoms in total. The van der Waals surface area contributed by atoms with E-state index in [0.29, 0.717) is 31.0 Å². The Morgan fingerprint density at radius 2 is 2.06 bits per heavy atom. The first-order valence-corrected chi connectivity index (χ1v) is 5.77. The maximum Gasteiger partial charge on any atom is 0.226 e. The summed E-state index contributed by atoms with van der Waals surface area (Å²) in [6, 6.07) is 10.0. The molecular formula is C13H16N2O2. The lowest BCUT2D eigenvalue weighted by Gasteiger charge is -1.98. The van der Waals surface area contributed by atoms with Crippen molar-refractivity contribution < 1.29 is 9.63 Å². The minimum atomic E-state index is -0.334. The molecule has 0 saturated carbocycles. The van der Waals surface area contributed by atoms with Crippen LogP contribution in [0.3, 0.4) is 0 Å². The van der Waals surface area contributed by atoms with Crippen LogP contribution in [-0.4, -0.2) is 21.4 Å². The van der Waals surface area contributed by atoms with Crippen LogP contribution in [0.15, 0.2) is 34.9 Å². The van der Waals surface area contributed by atoms with Crippen LogP contribution < -0.4 is 0 Å². The van der Waals surface area contributed by atoms with Crippen LogP contribution in [0.4, 0.5) is 0 Å². The molecule has 2 aromatic rings. The topological polar surface area (TPSA) is 59.2 Å². The van der Waals surface area contributed by atoms with Crippen LogP contribution >= 0.6 is 0 Å². The molecule has 1 heterocycles. The van der Waals surface area contributed by atoms with Gasteiger partial charge in [0.05, 0.1) is 6.10 Å². The first-order valence-electron chi connectivity index (χ1n) is 5.77. The normalized spacial score (nSPS) is 12.6. The molecule has 1 N–H and O–H groups in total. The van der Waals surface area contributed by atoms with Gasteiger partial charge in [0.15, 0.2) is 5.82 Å². The Kier molecular flexibility index (Phi) is 3.88. The van der Waals surface area contributed by atoms with Gasteiger partial charge in [0.1, 0.15) is 0 Å². The van der Waals surface area contributed by atoms with Crippen LogP contribution in [-0.2, 0) is 12.8 Å². The lowest BCUT2D eigenvalue weighted by molar-refractivity contribution is 0.180. The van der Waals surface area contributed by atoms with Gasteiger partial charge in [-0.2, -0.15) is 4.98 Å². The number of hydrogen-bond donors (Lipinski definition) is 1. The van der Waals surface area contributed by atoms with E-state index in [1.165, 1.54) is 0 Å². The van der Waals surface area contributed by atoms with E-state index < -0.39 is 0 Å². The third kappa shape index (κ3) is 3.67. The second-order valence-electron chi connectivity index (χ2n) is 4.15. The highest BCUT2D eigenvalue weighted by Crippen LogP contribution is 2.08. The number of aliphatic hydroxyl groups excluding tert-OH is 1. The van der Waals surface area contributed by atoms with Crippen molar-refractivity contribution in [1.82, 2.24) is 10.1 Å². The minimum absolute atomic E-state index is 0.334. The molecule has 4 heteroatoms. The molecule has 0 spiro atoms. The van der Waals surface area contributed by atoms with E-state index in [2.05, 4.69) is 10.1 Å². The van der Waals surface area contributed by atoms with Gasteiger partial charge in [0.2, 0.25) is 5.89 Å². The van der Waals surface area contributed by atoms with Crippen LogP contribution in [0.1, 0.15) is 30.6 Å². The Morgan fingerprint density at radius 1 is 1.29 bits per heavy atom. The summed E-state index contributed by atoms with van der Waals surface area (Å²) in [5.41, 5.74) is 1.16. The zero-order chi connectivity index (χ0) is 12.1. The van der Waals surface area contributed by atoms with Gasteiger partial charge < -0.3 is 9.63 Å². The Hall–Kier alpha value is -1.68. The highest BCUT2D eigenvalue weighted by Gasteiger charge is 2.07. The van der Waals surface area contributed by atoms with E-state index in [1.807, 2.05) is 30.3 Å². The van der Waals surface area contributed by atoms with Crippen molar-refractivity contribution in [1.29, 1.82) is 0 Å². The summed E-state index contributed by atoms with van der Waals surface area (Å²) >= 11 is 0. The van der Waals surface area contributed by atoms with E-state index >= 15 is 0 Å². The van der Waals surface area contributed by atoms with Crippen molar-refractivity contribution >= 4 is 0 Å². The quantitative estimate of drug-likeness (QED) is 0.856. The monoisotopic (exact) mass is 232 g/mol. The van der Waals surface area contributed by atoms with Crippen LogP contribution in [0.5, 0.6) is 0 Å². The van der Waals surface area contributed by atoms with Gasteiger partial charge in [-0.05, 0) is 18.9 Å². The van der Waals surface area contributed by atoms with Crippen molar-refractivity contribution in [3.8, 4) is 0 Å². The maximum atomic E-state index is 9.17. The molecule has 90 valence electrons. The summed E-state index contributed by atoms with van der Waals surface area (Å²) in [5.74, 6) is 1.29. The first-order chi connectivity index (χ1) is 8.24. The molecule has 1 unspecified atom stereocenters. The number of aryl methyl sites for hydroxylation is 1. The fourth-order valence-corrected chi connectivity index (χ4v) is 1.57. The number of aliphatic hydroxyl groups is 1. The van der Waals surface area contributed by atoms with Gasteiger partial charge in [0.25, 0.3) is 0 Å². The molecule has 1 aromatic carbocycles. The molecule has 0 saturated heterocycles. The molecule has 1 atom stereocenters. The molecule has 1 aromatic heterocycles. The van der Waals surface area contributed by atoms with Gasteiger partial charge in [-0.3, -0.25) is 0 Å². The van der Waals surface area contributed by atoms with Gasteiger partial charge in [-0.25, -0.2) is 0 Å². The zero-order valence-electron chi connectivity index (χ0n) is 9.84. The molecule has 2 rings (SSSR count). The maximum absolute atomic E-state index is 9.17. The highest BCUT2D eigenvalue weighted by molar-refractivity contribution is 5.18. The van der Waals surface area contributed by atoms with E-state index in [-0.39, 0.29) is 6.10 Å². The number of benzene rings is 1. The lowest BCUT2D eigenvalue weighted by atomic mass is 10.1. The smallest absolute Gasteiger partial charge is 0.226 e. The molecule has 0 amide bonds. The van der Waals surface area contributed by atoms with Crippen molar-refractivity contribution in [3.63, 3.8) is 0 Å². The van der Waals surface area contributed by atoms with Crippen LogP contribution in [0.25, 0.3) is 0 Å². The second-order valence-corrected chi connectivity index (χ2v) is 4.15. The van der Waals surface area contributed by atoms with Crippen molar-refractivity contribution in [2.24, 2.45) is 0 Å². The Morgan fingerprint density at radius 3 is 2.76 bits per heavy atom. The Labute approximate surface area is 100 Å². The summed E-state index contributed by atoms with van der Waals surface area (Å²) < 4.78 is 5.12. The fourth-order valence-electron chi connectivity index (χ4n) is 1.57. The van der Waals surface area contributed by atoms with Crippen molar-refractivity contribution in [2.45, 2.75) is 32.3 Å². The lowest BCUT2D eigenvalue weighted by Crippen LogP contribution is -2.01. The fraction of sp³-hybridized carbons (Fsp3) is 0.385. The van der Waals surface area contributed by atoms with Crippen LogP contribution in [0.2, 0.25) is 0 Å². The third-order valence-corrected chi connectivity index (χ3v) is 2.49. The molecule has 17 heavy (non-hydrogen) atoms. The summed E-state index contributed by atoms with van der Waals surface area (Å²) in [4.78, 5) is 4.29. The predicted molar refractivity (Wildman–Crippen MR) is 63.5 cm³/mol. The molecule has 0 aliphatic rings. The SMILES string of the molecule is CC(O)CCc1nc(Cc2ccccc2)no1. The van der Waals surface area contributed by atoms with Gasteiger partial charge >= 0.3 is 0 Å². The van der Waals surface area contributed by atoms with E-state index in [4.69, 9.17) is 9.63 Å². The van der Waals surface area contributed by atoms with Gasteiger partial charge in [-0.1, -0.05) is 35.5 Å².